The number of thiazole rings is 1. The van der Waals surface area contributed by atoms with Crippen molar-refractivity contribution in [3.8, 4) is 0 Å². The van der Waals surface area contributed by atoms with Gasteiger partial charge in [0.15, 0.2) is 5.01 Å². The average Bonchev–Trinajstić information content (AvgIpc) is 3.29. The van der Waals surface area contributed by atoms with Gasteiger partial charge in [0.25, 0.3) is 11.8 Å². The van der Waals surface area contributed by atoms with E-state index in [1.54, 1.807) is 12.4 Å². The molecule has 7 rings (SSSR count). The quantitative estimate of drug-likeness (QED) is 0.868. The van der Waals surface area contributed by atoms with Gasteiger partial charge in [-0.05, 0) is 62.5 Å². The van der Waals surface area contributed by atoms with Crippen LogP contribution in [-0.4, -0.2) is 37.8 Å². The molecule has 0 radical (unpaired) electrons. The number of fused-ring (bicyclic) bond motifs is 1. The number of hydrogen-bond donors (Lipinski definition) is 1. The van der Waals surface area contributed by atoms with Crippen molar-refractivity contribution in [2.24, 2.45) is 11.8 Å². The minimum Gasteiger partial charge on any atom is -0.344 e. The first-order valence-corrected chi connectivity index (χ1v) is 10.9. The smallest absolute Gasteiger partial charge is 0.280 e. The van der Waals surface area contributed by atoms with Gasteiger partial charge in [-0.1, -0.05) is 0 Å². The lowest BCUT2D eigenvalue weighted by atomic mass is 9.49. The highest BCUT2D eigenvalue weighted by Crippen LogP contribution is 2.60. The first-order chi connectivity index (χ1) is 13.6. The Hall–Kier alpha value is -2.28. The summed E-state index contributed by atoms with van der Waals surface area (Å²) in [4.78, 5) is 36.7. The zero-order chi connectivity index (χ0) is 18.9. The molecule has 2 aromatic heterocycles. The van der Waals surface area contributed by atoms with Crippen molar-refractivity contribution in [1.29, 1.82) is 0 Å². The van der Waals surface area contributed by atoms with Crippen LogP contribution in [0.15, 0.2) is 29.9 Å². The van der Waals surface area contributed by atoms with Crippen LogP contribution in [0.4, 0.5) is 0 Å². The first kappa shape index (κ1) is 16.7. The van der Waals surface area contributed by atoms with E-state index >= 15 is 0 Å². The Kier molecular flexibility index (Phi) is 3.35. The standard InChI is InChI=1S/C21H22N4O2S/c26-17(18-23-4-5-28-18)24-20-7-13-6-14(8-20)10-21(9-13,12-20)25-11-16-15(19(25)27)2-1-3-22-16/h1-5,13-14H,6-12H2,(H,24,26). The van der Waals surface area contributed by atoms with E-state index in [-0.39, 0.29) is 22.9 Å². The molecule has 5 aliphatic rings. The molecule has 4 fully saturated rings. The van der Waals surface area contributed by atoms with Gasteiger partial charge in [0, 0.05) is 28.9 Å². The predicted molar refractivity (Wildman–Crippen MR) is 104 cm³/mol. The summed E-state index contributed by atoms with van der Waals surface area (Å²) in [5.74, 6) is 1.20. The van der Waals surface area contributed by atoms with Crippen molar-refractivity contribution in [1.82, 2.24) is 20.2 Å². The Morgan fingerprint density at radius 1 is 1.18 bits per heavy atom. The zero-order valence-corrected chi connectivity index (χ0v) is 16.4. The fraction of sp³-hybridized carbons (Fsp3) is 0.524. The number of hydrogen-bond acceptors (Lipinski definition) is 5. The van der Waals surface area contributed by atoms with E-state index in [9.17, 15) is 9.59 Å². The van der Waals surface area contributed by atoms with Gasteiger partial charge in [-0.2, -0.15) is 0 Å². The summed E-state index contributed by atoms with van der Waals surface area (Å²) in [5, 5.41) is 5.73. The fourth-order valence-corrected chi connectivity index (χ4v) is 7.35. The van der Waals surface area contributed by atoms with Crippen LogP contribution >= 0.6 is 11.3 Å². The van der Waals surface area contributed by atoms with Crippen molar-refractivity contribution in [2.75, 3.05) is 0 Å². The topological polar surface area (TPSA) is 75.2 Å². The number of nitrogens with zero attached hydrogens (tertiary/aromatic N) is 3. The van der Waals surface area contributed by atoms with E-state index in [2.05, 4.69) is 20.2 Å². The summed E-state index contributed by atoms with van der Waals surface area (Å²) in [7, 11) is 0. The van der Waals surface area contributed by atoms with E-state index in [1.165, 1.54) is 17.8 Å². The van der Waals surface area contributed by atoms with Gasteiger partial charge in [0.05, 0.1) is 17.8 Å². The molecule has 2 unspecified atom stereocenters. The van der Waals surface area contributed by atoms with Gasteiger partial charge in [-0.3, -0.25) is 14.6 Å². The molecule has 3 heterocycles. The van der Waals surface area contributed by atoms with Crippen molar-refractivity contribution >= 4 is 23.2 Å². The molecule has 0 saturated heterocycles. The normalized spacial score (nSPS) is 35.3. The number of pyridine rings is 1. The minimum atomic E-state index is -0.213. The molecule has 6 nitrogen and oxygen atoms in total. The maximum atomic E-state index is 13.2. The summed E-state index contributed by atoms with van der Waals surface area (Å²) >= 11 is 1.38. The third kappa shape index (κ3) is 2.32. The Morgan fingerprint density at radius 2 is 2.00 bits per heavy atom. The maximum Gasteiger partial charge on any atom is 0.280 e. The van der Waals surface area contributed by atoms with Crippen LogP contribution in [-0.2, 0) is 6.54 Å². The van der Waals surface area contributed by atoms with Crippen LogP contribution in [0.2, 0.25) is 0 Å². The number of carbonyl (C=O) groups excluding carboxylic acids is 2. The number of nitrogens with one attached hydrogen (secondary N) is 1. The molecule has 144 valence electrons. The van der Waals surface area contributed by atoms with Gasteiger partial charge in [-0.15, -0.1) is 11.3 Å². The van der Waals surface area contributed by atoms with E-state index in [1.807, 2.05) is 17.5 Å². The number of amides is 2. The average molecular weight is 395 g/mol. The third-order valence-corrected chi connectivity index (χ3v) is 8.05. The molecule has 1 N–H and O–H groups in total. The molecule has 4 aliphatic carbocycles. The Morgan fingerprint density at radius 3 is 2.71 bits per heavy atom. The van der Waals surface area contributed by atoms with Gasteiger partial charge in [0.1, 0.15) is 0 Å². The van der Waals surface area contributed by atoms with Crippen molar-refractivity contribution in [2.45, 2.75) is 56.1 Å². The monoisotopic (exact) mass is 394 g/mol. The van der Waals surface area contributed by atoms with Gasteiger partial charge >= 0.3 is 0 Å². The highest BCUT2D eigenvalue weighted by molar-refractivity contribution is 7.11. The molecular formula is C21H22N4O2S. The number of rotatable bonds is 3. The zero-order valence-electron chi connectivity index (χ0n) is 15.6. The minimum absolute atomic E-state index is 0.0650. The molecule has 7 heteroatoms. The van der Waals surface area contributed by atoms with Gasteiger partial charge < -0.3 is 10.2 Å². The van der Waals surface area contributed by atoms with Crippen LogP contribution in [0.3, 0.4) is 0 Å². The van der Waals surface area contributed by atoms with E-state index < -0.39 is 0 Å². The molecular weight excluding hydrogens is 372 g/mol. The first-order valence-electron chi connectivity index (χ1n) is 10.0. The lowest BCUT2D eigenvalue weighted by Gasteiger charge is -2.64. The lowest BCUT2D eigenvalue weighted by Crippen LogP contribution is -2.69. The van der Waals surface area contributed by atoms with Gasteiger partial charge in [0.2, 0.25) is 0 Å². The Balaban J connectivity index is 1.33. The summed E-state index contributed by atoms with van der Waals surface area (Å²) in [5.41, 5.74) is 1.27. The van der Waals surface area contributed by atoms with E-state index in [0.29, 0.717) is 23.4 Å². The molecule has 4 bridgehead atoms. The Labute approximate surface area is 167 Å². The maximum absolute atomic E-state index is 13.2. The SMILES string of the molecule is O=C(NC12CC3CC(C1)CC(N1Cc4ncccc4C1=O)(C3)C2)c1nccs1. The molecule has 28 heavy (non-hydrogen) atoms. The number of carbonyl (C=O) groups is 2. The highest BCUT2D eigenvalue weighted by Gasteiger charge is 2.61. The largest absolute Gasteiger partial charge is 0.344 e. The molecule has 0 aromatic carbocycles. The van der Waals surface area contributed by atoms with Crippen molar-refractivity contribution in [3.05, 3.63) is 46.2 Å². The molecule has 1 aliphatic heterocycles. The molecule has 2 amide bonds. The van der Waals surface area contributed by atoms with Crippen molar-refractivity contribution < 1.29 is 9.59 Å². The van der Waals surface area contributed by atoms with Crippen LogP contribution in [0.1, 0.15) is 64.4 Å². The molecule has 2 atom stereocenters. The second-order valence-electron chi connectivity index (χ2n) is 9.15. The second kappa shape index (κ2) is 5.63. The summed E-state index contributed by atoms with van der Waals surface area (Å²) < 4.78 is 0. The summed E-state index contributed by atoms with van der Waals surface area (Å²) in [6, 6.07) is 3.74. The Bertz CT molecular complexity index is 959. The van der Waals surface area contributed by atoms with Crippen LogP contribution in [0.25, 0.3) is 0 Å². The number of aromatic nitrogens is 2. The fourth-order valence-electron chi connectivity index (χ4n) is 6.81. The summed E-state index contributed by atoms with van der Waals surface area (Å²) in [6.07, 6.45) is 9.67. The molecule has 2 aromatic rings. The van der Waals surface area contributed by atoms with Crippen LogP contribution in [0.5, 0.6) is 0 Å². The third-order valence-electron chi connectivity index (χ3n) is 7.28. The van der Waals surface area contributed by atoms with E-state index in [4.69, 9.17) is 0 Å². The highest BCUT2D eigenvalue weighted by atomic mass is 32.1. The van der Waals surface area contributed by atoms with Crippen LogP contribution < -0.4 is 5.32 Å². The lowest BCUT2D eigenvalue weighted by molar-refractivity contribution is -0.0939. The van der Waals surface area contributed by atoms with Gasteiger partial charge in [-0.25, -0.2) is 4.98 Å². The van der Waals surface area contributed by atoms with Crippen molar-refractivity contribution in [3.63, 3.8) is 0 Å². The molecule has 0 spiro atoms. The predicted octanol–water partition coefficient (Wildman–Crippen LogP) is 3.02. The van der Waals surface area contributed by atoms with Crippen LogP contribution in [0, 0.1) is 11.8 Å². The summed E-state index contributed by atoms with van der Waals surface area (Å²) in [6.45, 7) is 0.602. The van der Waals surface area contributed by atoms with E-state index in [0.717, 1.165) is 43.4 Å². The second-order valence-corrected chi connectivity index (χ2v) is 10.0. The molecule has 4 saturated carbocycles.